The lowest BCUT2D eigenvalue weighted by Gasteiger charge is -2.10. The summed E-state index contributed by atoms with van der Waals surface area (Å²) in [5.74, 6) is 1.89. The molecule has 0 aliphatic heterocycles. The maximum Gasteiger partial charge on any atom is 0.250 e. The fourth-order valence-corrected chi connectivity index (χ4v) is 2.72. The number of aromatic hydroxyl groups is 1. The van der Waals surface area contributed by atoms with Gasteiger partial charge < -0.3 is 20.5 Å². The molecule has 4 rings (SSSR count). The van der Waals surface area contributed by atoms with Gasteiger partial charge in [-0.25, -0.2) is 5.43 Å². The Morgan fingerprint density at radius 1 is 0.750 bits per heavy atom. The van der Waals surface area contributed by atoms with E-state index in [-0.39, 0.29) is 11.7 Å². The van der Waals surface area contributed by atoms with Crippen LogP contribution in [0.15, 0.2) is 84.0 Å². The standard InChI is InChI=1S/C23H21N7O2/c1-32-20-13-9-18(10-14-20)26-22-27-21(25-17-5-3-2-4-6-17)28-23(29-22)30-24-15-16-7-11-19(31)12-8-16/h2-15,31H,1H3,(H3,25,26,27,28,29,30). The molecule has 1 heterocycles. The smallest absolute Gasteiger partial charge is 0.250 e. The van der Waals surface area contributed by atoms with Crippen LogP contribution in [0.2, 0.25) is 0 Å². The minimum Gasteiger partial charge on any atom is -0.508 e. The second-order valence-electron chi connectivity index (χ2n) is 6.61. The summed E-state index contributed by atoms with van der Waals surface area (Å²) in [6.45, 7) is 0. The van der Waals surface area contributed by atoms with Gasteiger partial charge >= 0.3 is 0 Å². The molecule has 0 unspecified atom stereocenters. The zero-order valence-electron chi connectivity index (χ0n) is 17.2. The van der Waals surface area contributed by atoms with Crippen LogP contribution in [0.1, 0.15) is 5.56 Å². The molecule has 0 amide bonds. The molecular formula is C23H21N7O2. The van der Waals surface area contributed by atoms with Gasteiger partial charge in [-0.2, -0.15) is 20.1 Å². The second-order valence-corrected chi connectivity index (χ2v) is 6.61. The van der Waals surface area contributed by atoms with E-state index >= 15 is 0 Å². The number of hydrogen-bond acceptors (Lipinski definition) is 9. The van der Waals surface area contributed by atoms with Crippen molar-refractivity contribution in [3.8, 4) is 11.5 Å². The minimum atomic E-state index is 0.193. The van der Waals surface area contributed by atoms with Crippen molar-refractivity contribution in [2.45, 2.75) is 0 Å². The highest BCUT2D eigenvalue weighted by molar-refractivity contribution is 5.80. The molecule has 32 heavy (non-hydrogen) atoms. The van der Waals surface area contributed by atoms with E-state index in [1.165, 1.54) is 0 Å². The molecule has 9 nitrogen and oxygen atoms in total. The summed E-state index contributed by atoms with van der Waals surface area (Å²) < 4.78 is 5.19. The Labute approximate surface area is 184 Å². The molecule has 0 spiro atoms. The minimum absolute atomic E-state index is 0.193. The van der Waals surface area contributed by atoms with E-state index in [2.05, 4.69) is 36.1 Å². The second kappa shape index (κ2) is 9.90. The van der Waals surface area contributed by atoms with Gasteiger partial charge in [0.2, 0.25) is 17.8 Å². The molecule has 160 valence electrons. The molecule has 0 atom stereocenters. The van der Waals surface area contributed by atoms with Crippen LogP contribution < -0.4 is 20.8 Å². The topological polar surface area (TPSA) is 117 Å². The Bertz CT molecular complexity index is 1180. The van der Waals surface area contributed by atoms with Crippen molar-refractivity contribution >= 4 is 35.4 Å². The lowest BCUT2D eigenvalue weighted by molar-refractivity contribution is 0.415. The molecule has 0 fully saturated rings. The van der Waals surface area contributed by atoms with Crippen LogP contribution in [0.4, 0.5) is 29.2 Å². The Hall–Kier alpha value is -4.66. The normalized spacial score (nSPS) is 10.7. The number of methoxy groups -OCH3 is 1. The zero-order valence-corrected chi connectivity index (χ0v) is 17.2. The predicted molar refractivity (Wildman–Crippen MR) is 125 cm³/mol. The van der Waals surface area contributed by atoms with Crippen LogP contribution in [0.25, 0.3) is 0 Å². The third kappa shape index (κ3) is 5.70. The van der Waals surface area contributed by atoms with Gasteiger partial charge in [-0.15, -0.1) is 0 Å². The fourth-order valence-electron chi connectivity index (χ4n) is 2.72. The monoisotopic (exact) mass is 427 g/mol. The number of benzene rings is 3. The highest BCUT2D eigenvalue weighted by Crippen LogP contribution is 2.20. The molecule has 0 saturated carbocycles. The van der Waals surface area contributed by atoms with Gasteiger partial charge in [0.25, 0.3) is 0 Å². The molecule has 0 radical (unpaired) electrons. The SMILES string of the molecule is COc1ccc(Nc2nc(NN=Cc3ccc(O)cc3)nc(Nc3ccccc3)n2)cc1. The zero-order chi connectivity index (χ0) is 22.2. The van der Waals surface area contributed by atoms with E-state index in [0.29, 0.717) is 11.9 Å². The molecule has 0 saturated heterocycles. The van der Waals surface area contributed by atoms with Crippen LogP contribution >= 0.6 is 0 Å². The third-order valence-electron chi connectivity index (χ3n) is 4.28. The Morgan fingerprint density at radius 2 is 1.34 bits per heavy atom. The number of nitrogens with one attached hydrogen (secondary N) is 3. The van der Waals surface area contributed by atoms with E-state index in [1.807, 2.05) is 54.6 Å². The first-order valence-electron chi connectivity index (χ1n) is 9.75. The highest BCUT2D eigenvalue weighted by Gasteiger charge is 2.08. The fraction of sp³-hybridized carbons (Fsp3) is 0.0435. The maximum atomic E-state index is 9.38. The van der Waals surface area contributed by atoms with Crippen LogP contribution in [0.3, 0.4) is 0 Å². The average molecular weight is 427 g/mol. The predicted octanol–water partition coefficient (Wildman–Crippen LogP) is 4.52. The number of rotatable bonds is 8. The Balaban J connectivity index is 1.56. The Kier molecular flexibility index (Phi) is 6.37. The summed E-state index contributed by atoms with van der Waals surface area (Å²) >= 11 is 0. The molecule has 0 bridgehead atoms. The number of hydrogen-bond donors (Lipinski definition) is 4. The van der Waals surface area contributed by atoms with Crippen LogP contribution in [0, 0.1) is 0 Å². The summed E-state index contributed by atoms with van der Waals surface area (Å²) in [7, 11) is 1.62. The van der Waals surface area contributed by atoms with Crippen molar-refractivity contribution in [2.75, 3.05) is 23.2 Å². The molecule has 4 N–H and O–H groups in total. The van der Waals surface area contributed by atoms with Crippen molar-refractivity contribution in [1.29, 1.82) is 0 Å². The number of hydrazone groups is 1. The van der Waals surface area contributed by atoms with Crippen molar-refractivity contribution in [1.82, 2.24) is 15.0 Å². The number of ether oxygens (including phenoxy) is 1. The summed E-state index contributed by atoms with van der Waals surface area (Å²) in [6, 6.07) is 23.7. The van der Waals surface area contributed by atoms with Gasteiger partial charge in [-0.1, -0.05) is 18.2 Å². The van der Waals surface area contributed by atoms with Crippen LogP contribution in [-0.4, -0.2) is 33.4 Å². The van der Waals surface area contributed by atoms with Gasteiger partial charge in [0.05, 0.1) is 13.3 Å². The van der Waals surface area contributed by atoms with E-state index < -0.39 is 0 Å². The number of phenols is 1. The van der Waals surface area contributed by atoms with Gasteiger partial charge in [0.1, 0.15) is 11.5 Å². The molecule has 3 aromatic carbocycles. The summed E-state index contributed by atoms with van der Waals surface area (Å²) in [6.07, 6.45) is 1.60. The molecule has 0 aliphatic rings. The lowest BCUT2D eigenvalue weighted by Crippen LogP contribution is -2.07. The molecule has 4 aromatic rings. The van der Waals surface area contributed by atoms with E-state index in [9.17, 15) is 5.11 Å². The van der Waals surface area contributed by atoms with Gasteiger partial charge in [-0.3, -0.25) is 0 Å². The number of aromatic nitrogens is 3. The van der Waals surface area contributed by atoms with E-state index in [1.54, 1.807) is 37.6 Å². The van der Waals surface area contributed by atoms with Gasteiger partial charge in [-0.05, 0) is 66.2 Å². The molecule has 0 aliphatic carbocycles. The van der Waals surface area contributed by atoms with E-state index in [0.717, 1.165) is 22.7 Å². The van der Waals surface area contributed by atoms with Crippen molar-refractivity contribution in [2.24, 2.45) is 5.10 Å². The summed E-state index contributed by atoms with van der Waals surface area (Å²) in [4.78, 5) is 13.2. The van der Waals surface area contributed by atoms with Crippen molar-refractivity contribution < 1.29 is 9.84 Å². The van der Waals surface area contributed by atoms with Crippen molar-refractivity contribution in [3.05, 3.63) is 84.4 Å². The number of nitrogens with zero attached hydrogens (tertiary/aromatic N) is 4. The van der Waals surface area contributed by atoms with Crippen molar-refractivity contribution in [3.63, 3.8) is 0 Å². The molecule has 1 aromatic heterocycles. The maximum absolute atomic E-state index is 9.38. The van der Waals surface area contributed by atoms with E-state index in [4.69, 9.17) is 4.74 Å². The average Bonchev–Trinajstić information content (AvgIpc) is 2.81. The Morgan fingerprint density at radius 3 is 1.97 bits per heavy atom. The van der Waals surface area contributed by atoms with Crippen LogP contribution in [-0.2, 0) is 0 Å². The molecular weight excluding hydrogens is 406 g/mol. The van der Waals surface area contributed by atoms with Crippen LogP contribution in [0.5, 0.6) is 11.5 Å². The number of phenolic OH excluding ortho intramolecular Hbond substituents is 1. The van der Waals surface area contributed by atoms with Gasteiger partial charge in [0, 0.05) is 11.4 Å². The van der Waals surface area contributed by atoms with Gasteiger partial charge in [0.15, 0.2) is 0 Å². The first-order chi connectivity index (χ1) is 15.7. The summed E-state index contributed by atoms with van der Waals surface area (Å²) in [5.41, 5.74) is 5.27. The third-order valence-corrected chi connectivity index (χ3v) is 4.28. The quantitative estimate of drug-likeness (QED) is 0.240. The lowest BCUT2D eigenvalue weighted by atomic mass is 10.2. The number of para-hydroxylation sites is 1. The number of anilines is 5. The summed E-state index contributed by atoms with van der Waals surface area (Å²) in [5, 5.41) is 19.9. The largest absolute Gasteiger partial charge is 0.508 e. The molecule has 9 heteroatoms. The first kappa shape index (κ1) is 20.6. The first-order valence-corrected chi connectivity index (χ1v) is 9.75. The highest BCUT2D eigenvalue weighted by atomic mass is 16.5.